The summed E-state index contributed by atoms with van der Waals surface area (Å²) in [6.07, 6.45) is 5.51. The number of imidazole rings is 1. The van der Waals surface area contributed by atoms with Crippen LogP contribution in [0.25, 0.3) is 16.9 Å². The molecule has 1 N–H and O–H groups in total. The van der Waals surface area contributed by atoms with Crippen molar-refractivity contribution in [3.05, 3.63) is 54.9 Å². The van der Waals surface area contributed by atoms with Gasteiger partial charge in [-0.2, -0.15) is 0 Å². The van der Waals surface area contributed by atoms with Gasteiger partial charge in [0.25, 0.3) is 0 Å². The standard InChI is InChI=1S/C19H19N3O2/c23-19(14-8-11-24-12-9-14)21-16-6-2-1-5-15(16)17-13-22-10-4-3-7-18(22)20-17/h1-7,10,13-14H,8-9,11-12H2,(H,21,23). The molecule has 1 aromatic carbocycles. The van der Waals surface area contributed by atoms with Crippen LogP contribution in [0.3, 0.4) is 0 Å². The SMILES string of the molecule is O=C(Nc1ccccc1-c1cn2ccccc2n1)C1CCOCC1. The van der Waals surface area contributed by atoms with Crippen LogP contribution in [0, 0.1) is 5.92 Å². The first-order valence-electron chi connectivity index (χ1n) is 8.23. The lowest BCUT2D eigenvalue weighted by atomic mass is 9.99. The van der Waals surface area contributed by atoms with E-state index in [2.05, 4.69) is 10.3 Å². The molecule has 4 rings (SSSR count). The molecule has 1 aliphatic heterocycles. The molecule has 24 heavy (non-hydrogen) atoms. The highest BCUT2D eigenvalue weighted by Gasteiger charge is 2.22. The Balaban J connectivity index is 1.63. The van der Waals surface area contributed by atoms with Crippen molar-refractivity contribution in [2.45, 2.75) is 12.8 Å². The average Bonchev–Trinajstić information content (AvgIpc) is 3.07. The Labute approximate surface area is 140 Å². The van der Waals surface area contributed by atoms with Crippen molar-refractivity contribution in [3.63, 3.8) is 0 Å². The zero-order valence-electron chi connectivity index (χ0n) is 13.3. The molecule has 0 unspecified atom stereocenters. The summed E-state index contributed by atoms with van der Waals surface area (Å²) in [7, 11) is 0. The van der Waals surface area contributed by atoms with Gasteiger partial charge in [-0.1, -0.05) is 24.3 Å². The predicted molar refractivity (Wildman–Crippen MR) is 92.8 cm³/mol. The Morgan fingerprint density at radius 3 is 2.75 bits per heavy atom. The molecule has 3 heterocycles. The number of hydrogen-bond donors (Lipinski definition) is 1. The summed E-state index contributed by atoms with van der Waals surface area (Å²) in [5.74, 6) is 0.0855. The molecule has 1 fully saturated rings. The molecule has 5 nitrogen and oxygen atoms in total. The summed E-state index contributed by atoms with van der Waals surface area (Å²) >= 11 is 0. The van der Waals surface area contributed by atoms with Gasteiger partial charge in [0.1, 0.15) is 5.65 Å². The summed E-state index contributed by atoms with van der Waals surface area (Å²) < 4.78 is 7.31. The lowest BCUT2D eigenvalue weighted by Gasteiger charge is -2.21. The van der Waals surface area contributed by atoms with Crippen molar-refractivity contribution >= 4 is 17.2 Å². The van der Waals surface area contributed by atoms with Gasteiger partial charge in [-0.15, -0.1) is 0 Å². The molecule has 1 saturated heterocycles. The van der Waals surface area contributed by atoms with E-state index >= 15 is 0 Å². The number of aromatic nitrogens is 2. The minimum atomic E-state index is 0.0212. The summed E-state index contributed by atoms with van der Waals surface area (Å²) in [5.41, 5.74) is 3.47. The molecule has 122 valence electrons. The smallest absolute Gasteiger partial charge is 0.227 e. The molecular formula is C19H19N3O2. The highest BCUT2D eigenvalue weighted by atomic mass is 16.5. The third kappa shape index (κ3) is 2.90. The van der Waals surface area contributed by atoms with Crippen molar-refractivity contribution in [2.75, 3.05) is 18.5 Å². The Morgan fingerprint density at radius 2 is 1.92 bits per heavy atom. The van der Waals surface area contributed by atoms with Crippen molar-refractivity contribution in [2.24, 2.45) is 5.92 Å². The Morgan fingerprint density at radius 1 is 1.12 bits per heavy atom. The van der Waals surface area contributed by atoms with Gasteiger partial charge < -0.3 is 14.5 Å². The maximum atomic E-state index is 12.5. The first-order chi connectivity index (χ1) is 11.8. The van der Waals surface area contributed by atoms with Crippen LogP contribution in [0.1, 0.15) is 12.8 Å². The van der Waals surface area contributed by atoms with Crippen LogP contribution >= 0.6 is 0 Å². The van der Waals surface area contributed by atoms with E-state index in [9.17, 15) is 4.79 Å². The summed E-state index contributed by atoms with van der Waals surface area (Å²) in [6.45, 7) is 1.32. The van der Waals surface area contributed by atoms with Gasteiger partial charge in [-0.3, -0.25) is 4.79 Å². The zero-order chi connectivity index (χ0) is 16.4. The number of amides is 1. The van der Waals surface area contributed by atoms with Crippen LogP contribution in [-0.2, 0) is 9.53 Å². The monoisotopic (exact) mass is 321 g/mol. The minimum Gasteiger partial charge on any atom is -0.381 e. The topological polar surface area (TPSA) is 55.6 Å². The predicted octanol–water partition coefficient (Wildman–Crippen LogP) is 3.37. The largest absolute Gasteiger partial charge is 0.381 e. The first-order valence-corrected chi connectivity index (χ1v) is 8.23. The van der Waals surface area contributed by atoms with E-state index in [0.717, 1.165) is 35.4 Å². The number of anilines is 1. The second-order valence-electron chi connectivity index (χ2n) is 6.01. The van der Waals surface area contributed by atoms with Crippen molar-refractivity contribution < 1.29 is 9.53 Å². The van der Waals surface area contributed by atoms with Crippen LogP contribution in [0.4, 0.5) is 5.69 Å². The van der Waals surface area contributed by atoms with Gasteiger partial charge in [-0.05, 0) is 31.0 Å². The molecule has 0 aliphatic carbocycles. The molecule has 0 radical (unpaired) electrons. The maximum absolute atomic E-state index is 12.5. The Kier molecular flexibility index (Phi) is 4.01. The number of rotatable bonds is 3. The number of nitrogens with one attached hydrogen (secondary N) is 1. The maximum Gasteiger partial charge on any atom is 0.227 e. The van der Waals surface area contributed by atoms with E-state index in [1.165, 1.54) is 0 Å². The molecular weight excluding hydrogens is 302 g/mol. The van der Waals surface area contributed by atoms with Crippen LogP contribution in [-0.4, -0.2) is 28.5 Å². The van der Waals surface area contributed by atoms with Gasteiger partial charge >= 0.3 is 0 Å². The number of para-hydroxylation sites is 1. The number of nitrogens with zero attached hydrogens (tertiary/aromatic N) is 2. The number of hydrogen-bond acceptors (Lipinski definition) is 3. The van der Waals surface area contributed by atoms with Gasteiger partial charge in [0, 0.05) is 37.1 Å². The normalized spacial score (nSPS) is 15.5. The lowest BCUT2D eigenvalue weighted by molar-refractivity contribution is -0.122. The number of fused-ring (bicyclic) bond motifs is 1. The van der Waals surface area contributed by atoms with E-state index in [4.69, 9.17) is 4.74 Å². The number of carbonyl (C=O) groups excluding carboxylic acids is 1. The van der Waals surface area contributed by atoms with Gasteiger partial charge in [0.2, 0.25) is 5.91 Å². The fraction of sp³-hybridized carbons (Fsp3) is 0.263. The van der Waals surface area contributed by atoms with E-state index in [0.29, 0.717) is 13.2 Å². The second kappa shape index (κ2) is 6.45. The lowest BCUT2D eigenvalue weighted by Crippen LogP contribution is -2.28. The molecule has 0 spiro atoms. The molecule has 0 atom stereocenters. The van der Waals surface area contributed by atoms with Crippen LogP contribution in [0.5, 0.6) is 0 Å². The van der Waals surface area contributed by atoms with E-state index in [1.54, 1.807) is 0 Å². The molecule has 0 saturated carbocycles. The second-order valence-corrected chi connectivity index (χ2v) is 6.01. The summed E-state index contributed by atoms with van der Waals surface area (Å²) in [4.78, 5) is 17.2. The number of benzene rings is 1. The summed E-state index contributed by atoms with van der Waals surface area (Å²) in [6, 6.07) is 13.7. The highest BCUT2D eigenvalue weighted by molar-refractivity contribution is 5.96. The number of pyridine rings is 1. The fourth-order valence-electron chi connectivity index (χ4n) is 3.07. The van der Waals surface area contributed by atoms with Crippen molar-refractivity contribution in [1.29, 1.82) is 0 Å². The quantitative estimate of drug-likeness (QED) is 0.805. The van der Waals surface area contributed by atoms with E-state index < -0.39 is 0 Å². The average molecular weight is 321 g/mol. The van der Waals surface area contributed by atoms with Crippen molar-refractivity contribution in [1.82, 2.24) is 9.38 Å². The minimum absolute atomic E-state index is 0.0212. The first kappa shape index (κ1) is 14.9. The molecule has 0 bridgehead atoms. The zero-order valence-corrected chi connectivity index (χ0v) is 13.3. The Bertz CT molecular complexity index is 833. The van der Waals surface area contributed by atoms with Crippen LogP contribution in [0.2, 0.25) is 0 Å². The van der Waals surface area contributed by atoms with E-state index in [-0.39, 0.29) is 11.8 Å². The van der Waals surface area contributed by atoms with Gasteiger partial charge in [-0.25, -0.2) is 4.98 Å². The van der Waals surface area contributed by atoms with Crippen molar-refractivity contribution in [3.8, 4) is 11.3 Å². The van der Waals surface area contributed by atoms with Gasteiger partial charge in [0.15, 0.2) is 0 Å². The third-order valence-corrected chi connectivity index (χ3v) is 4.42. The molecule has 2 aromatic heterocycles. The van der Waals surface area contributed by atoms with Gasteiger partial charge in [0.05, 0.1) is 11.4 Å². The van der Waals surface area contributed by atoms with Crippen LogP contribution < -0.4 is 5.32 Å². The molecule has 1 amide bonds. The fourth-order valence-corrected chi connectivity index (χ4v) is 3.07. The molecule has 5 heteroatoms. The summed E-state index contributed by atoms with van der Waals surface area (Å²) in [5, 5.41) is 3.08. The van der Waals surface area contributed by atoms with E-state index in [1.807, 2.05) is 59.3 Å². The highest BCUT2D eigenvalue weighted by Crippen LogP contribution is 2.28. The van der Waals surface area contributed by atoms with Crippen LogP contribution in [0.15, 0.2) is 54.9 Å². The molecule has 1 aliphatic rings. The number of ether oxygens (including phenoxy) is 1. The number of carbonyl (C=O) groups is 1. The molecule has 3 aromatic rings. The third-order valence-electron chi connectivity index (χ3n) is 4.42. The Hall–Kier alpha value is -2.66.